The van der Waals surface area contributed by atoms with Crippen LogP contribution in [0, 0.1) is 5.92 Å². The Hall–Kier alpha value is -1.27. The molecule has 14 heavy (non-hydrogen) atoms. The predicted octanol–water partition coefficient (Wildman–Crippen LogP) is 0.380. The minimum atomic E-state index is -0.118. The maximum Gasteiger partial charge on any atom is 0.232 e. The van der Waals surface area contributed by atoms with E-state index in [9.17, 15) is 4.79 Å². The number of amides is 1. The van der Waals surface area contributed by atoms with E-state index in [2.05, 4.69) is 14.9 Å². The molecular formula is C8H10N4OS. The number of rotatable bonds is 2. The van der Waals surface area contributed by atoms with Crippen LogP contribution in [0.5, 0.6) is 0 Å². The molecule has 1 heterocycles. The number of carbonyl (C=O) groups excluding carboxylic acids is 1. The van der Waals surface area contributed by atoms with Crippen molar-refractivity contribution in [2.45, 2.75) is 12.5 Å². The van der Waals surface area contributed by atoms with Crippen molar-refractivity contribution in [3.05, 3.63) is 18.3 Å². The first kappa shape index (κ1) is 9.29. The number of nitrogens with one attached hydrogen (secondary N) is 1. The Kier molecular flexibility index (Phi) is 2.55. The summed E-state index contributed by atoms with van der Waals surface area (Å²) >= 11 is 1.16. The van der Waals surface area contributed by atoms with Crippen LogP contribution in [0.2, 0.25) is 0 Å². The summed E-state index contributed by atoms with van der Waals surface area (Å²) in [6.07, 6.45) is 5.91. The lowest BCUT2D eigenvalue weighted by atomic mass is 10.1. The fraction of sp³-hybridized carbons (Fsp3) is 0.375. The smallest absolute Gasteiger partial charge is 0.232 e. The molecule has 0 saturated heterocycles. The summed E-state index contributed by atoms with van der Waals surface area (Å²) in [4.78, 5) is 11.6. The van der Waals surface area contributed by atoms with Crippen LogP contribution in [-0.4, -0.2) is 21.5 Å². The molecule has 6 heteroatoms. The third kappa shape index (κ3) is 1.97. The highest BCUT2D eigenvalue weighted by molar-refractivity contribution is 7.10. The highest BCUT2D eigenvalue weighted by Gasteiger charge is 2.22. The van der Waals surface area contributed by atoms with E-state index >= 15 is 0 Å². The minimum Gasteiger partial charge on any atom is -0.324 e. The first-order chi connectivity index (χ1) is 6.75. The Balaban J connectivity index is 1.94. The molecule has 1 aliphatic carbocycles. The molecular weight excluding hydrogens is 200 g/mol. The topological polar surface area (TPSA) is 80.9 Å². The molecule has 0 spiro atoms. The summed E-state index contributed by atoms with van der Waals surface area (Å²) in [7, 11) is 0. The van der Waals surface area contributed by atoms with Gasteiger partial charge in [0.2, 0.25) is 5.91 Å². The van der Waals surface area contributed by atoms with Gasteiger partial charge in [-0.3, -0.25) is 4.79 Å². The number of nitrogens with two attached hydrogens (primary N) is 1. The monoisotopic (exact) mass is 210 g/mol. The quantitative estimate of drug-likeness (QED) is 0.691. The first-order valence-electron chi connectivity index (χ1n) is 4.28. The van der Waals surface area contributed by atoms with E-state index in [0.29, 0.717) is 11.4 Å². The molecule has 74 valence electrons. The summed E-state index contributed by atoms with van der Waals surface area (Å²) in [5.41, 5.74) is 5.65. The van der Waals surface area contributed by atoms with Crippen LogP contribution in [0.3, 0.4) is 0 Å². The number of carbonyl (C=O) groups is 1. The van der Waals surface area contributed by atoms with Crippen LogP contribution < -0.4 is 11.1 Å². The van der Waals surface area contributed by atoms with Gasteiger partial charge in [0.1, 0.15) is 5.00 Å². The average molecular weight is 210 g/mol. The SMILES string of the molecule is NC1C=CC(C(=O)Nc2cnns2)C1. The number of nitrogens with zero attached hydrogens (tertiary/aromatic N) is 2. The Morgan fingerprint density at radius 1 is 1.64 bits per heavy atom. The van der Waals surface area contributed by atoms with E-state index < -0.39 is 0 Å². The molecule has 0 saturated carbocycles. The Morgan fingerprint density at radius 3 is 3.07 bits per heavy atom. The normalized spacial score (nSPS) is 25.2. The Morgan fingerprint density at radius 2 is 2.50 bits per heavy atom. The van der Waals surface area contributed by atoms with Crippen molar-refractivity contribution in [1.29, 1.82) is 0 Å². The molecule has 1 aromatic rings. The van der Waals surface area contributed by atoms with Gasteiger partial charge in [0.25, 0.3) is 0 Å². The molecule has 0 aromatic carbocycles. The van der Waals surface area contributed by atoms with Crippen LogP contribution in [0.25, 0.3) is 0 Å². The fourth-order valence-corrected chi connectivity index (χ4v) is 1.78. The molecule has 0 fully saturated rings. The van der Waals surface area contributed by atoms with Crippen molar-refractivity contribution in [2.75, 3.05) is 5.32 Å². The van der Waals surface area contributed by atoms with Gasteiger partial charge in [-0.25, -0.2) is 0 Å². The molecule has 0 radical (unpaired) electrons. The molecule has 0 aliphatic heterocycles. The fourth-order valence-electron chi connectivity index (χ4n) is 1.36. The number of hydrogen-bond acceptors (Lipinski definition) is 5. The summed E-state index contributed by atoms with van der Waals surface area (Å²) in [6.45, 7) is 0. The molecule has 1 amide bonds. The zero-order valence-corrected chi connectivity index (χ0v) is 8.20. The summed E-state index contributed by atoms with van der Waals surface area (Å²) in [6, 6.07) is 0.00494. The molecule has 0 bridgehead atoms. The van der Waals surface area contributed by atoms with Crippen LogP contribution in [0.4, 0.5) is 5.00 Å². The van der Waals surface area contributed by atoms with Crippen LogP contribution in [-0.2, 0) is 4.79 Å². The van der Waals surface area contributed by atoms with Gasteiger partial charge in [0.15, 0.2) is 0 Å². The lowest BCUT2D eigenvalue weighted by Crippen LogP contribution is -2.23. The van der Waals surface area contributed by atoms with Gasteiger partial charge in [0, 0.05) is 17.6 Å². The van der Waals surface area contributed by atoms with Gasteiger partial charge in [-0.1, -0.05) is 16.6 Å². The maximum absolute atomic E-state index is 11.6. The van der Waals surface area contributed by atoms with Crippen LogP contribution in [0.15, 0.2) is 18.3 Å². The molecule has 3 N–H and O–H groups in total. The second-order valence-electron chi connectivity index (χ2n) is 3.16. The largest absolute Gasteiger partial charge is 0.324 e. The van der Waals surface area contributed by atoms with Gasteiger partial charge in [-0.15, -0.1) is 5.10 Å². The lowest BCUT2D eigenvalue weighted by molar-refractivity contribution is -0.118. The second kappa shape index (κ2) is 3.85. The maximum atomic E-state index is 11.6. The first-order valence-corrected chi connectivity index (χ1v) is 5.05. The van der Waals surface area contributed by atoms with Gasteiger partial charge in [0.05, 0.1) is 12.1 Å². The van der Waals surface area contributed by atoms with Crippen molar-refractivity contribution < 1.29 is 4.79 Å². The number of aromatic nitrogens is 2. The van der Waals surface area contributed by atoms with Crippen molar-refractivity contribution >= 4 is 22.4 Å². The predicted molar refractivity (Wildman–Crippen MR) is 53.8 cm³/mol. The van der Waals surface area contributed by atoms with Gasteiger partial charge < -0.3 is 11.1 Å². The van der Waals surface area contributed by atoms with Crippen molar-refractivity contribution in [1.82, 2.24) is 9.59 Å². The summed E-state index contributed by atoms with van der Waals surface area (Å²) in [5, 5.41) is 7.03. The van der Waals surface area contributed by atoms with Gasteiger partial charge >= 0.3 is 0 Å². The molecule has 5 nitrogen and oxygen atoms in total. The minimum absolute atomic E-state index is 0.00494. The van der Waals surface area contributed by atoms with Crippen molar-refractivity contribution in [3.8, 4) is 0 Å². The zero-order valence-electron chi connectivity index (χ0n) is 7.38. The van der Waals surface area contributed by atoms with E-state index in [1.807, 2.05) is 12.2 Å². The standard InChI is InChI=1S/C8H10N4OS/c9-6-2-1-5(3-6)8(13)11-7-4-10-12-14-7/h1-2,4-6H,3,9H2,(H,11,13). The van der Waals surface area contributed by atoms with E-state index in [1.54, 1.807) is 0 Å². The summed E-state index contributed by atoms with van der Waals surface area (Å²) in [5.74, 6) is -0.160. The zero-order chi connectivity index (χ0) is 9.97. The Labute approximate surface area is 85.2 Å². The van der Waals surface area contributed by atoms with Crippen molar-refractivity contribution in [2.24, 2.45) is 11.7 Å². The molecule has 1 aromatic heterocycles. The second-order valence-corrected chi connectivity index (χ2v) is 3.95. The molecule has 2 rings (SSSR count). The van der Waals surface area contributed by atoms with Gasteiger partial charge in [-0.2, -0.15) is 0 Å². The van der Waals surface area contributed by atoms with E-state index in [0.717, 1.165) is 11.5 Å². The van der Waals surface area contributed by atoms with E-state index in [4.69, 9.17) is 5.73 Å². The van der Waals surface area contributed by atoms with Crippen molar-refractivity contribution in [3.63, 3.8) is 0 Å². The highest BCUT2D eigenvalue weighted by atomic mass is 32.1. The van der Waals surface area contributed by atoms with Gasteiger partial charge in [-0.05, 0) is 6.42 Å². The van der Waals surface area contributed by atoms with Crippen LogP contribution >= 0.6 is 11.5 Å². The number of hydrogen-bond donors (Lipinski definition) is 2. The average Bonchev–Trinajstić information content (AvgIpc) is 2.75. The number of anilines is 1. The molecule has 2 unspecified atom stereocenters. The Bertz CT molecular complexity index is 348. The molecule has 1 aliphatic rings. The molecule has 2 atom stereocenters. The highest BCUT2D eigenvalue weighted by Crippen LogP contribution is 2.19. The van der Waals surface area contributed by atoms with E-state index in [1.165, 1.54) is 6.20 Å². The summed E-state index contributed by atoms with van der Waals surface area (Å²) < 4.78 is 3.65. The van der Waals surface area contributed by atoms with Crippen LogP contribution in [0.1, 0.15) is 6.42 Å². The van der Waals surface area contributed by atoms with E-state index in [-0.39, 0.29) is 17.9 Å². The third-order valence-electron chi connectivity index (χ3n) is 2.06. The lowest BCUT2D eigenvalue weighted by Gasteiger charge is -2.07. The third-order valence-corrected chi connectivity index (χ3v) is 2.64.